The third kappa shape index (κ3) is 4.13. The summed E-state index contributed by atoms with van der Waals surface area (Å²) in [7, 11) is 0. The van der Waals surface area contributed by atoms with Crippen molar-refractivity contribution in [2.45, 2.75) is 13.1 Å². The minimum Gasteiger partial charge on any atom is -0.274 e. The van der Waals surface area contributed by atoms with Crippen LogP contribution in [0.3, 0.4) is 0 Å². The van der Waals surface area contributed by atoms with Gasteiger partial charge in [0.25, 0.3) is 11.8 Å². The molecule has 1 aliphatic rings. The molecule has 1 aliphatic heterocycles. The van der Waals surface area contributed by atoms with Gasteiger partial charge in [-0.25, -0.2) is 0 Å². The summed E-state index contributed by atoms with van der Waals surface area (Å²) < 4.78 is 39.0. The molecular weight excluding hydrogens is 423 g/mol. The fourth-order valence-electron chi connectivity index (χ4n) is 2.90. The number of halogens is 4. The van der Waals surface area contributed by atoms with Gasteiger partial charge < -0.3 is 0 Å². The monoisotopic (exact) mass is 437 g/mol. The average Bonchev–Trinajstić information content (AvgIpc) is 2.84. The van der Waals surface area contributed by atoms with Gasteiger partial charge in [-0.3, -0.25) is 14.5 Å². The van der Waals surface area contributed by atoms with Crippen molar-refractivity contribution in [2.75, 3.05) is 6.54 Å². The van der Waals surface area contributed by atoms with Crippen LogP contribution in [0.4, 0.5) is 13.2 Å². The van der Waals surface area contributed by atoms with Crippen molar-refractivity contribution in [1.29, 1.82) is 0 Å². The van der Waals surface area contributed by atoms with Gasteiger partial charge in [-0.15, -0.1) is 0 Å². The van der Waals surface area contributed by atoms with Crippen molar-refractivity contribution in [1.82, 2.24) is 4.90 Å². The largest absolute Gasteiger partial charge is 0.416 e. The van der Waals surface area contributed by atoms with Gasteiger partial charge >= 0.3 is 6.18 Å². The smallest absolute Gasteiger partial charge is 0.274 e. The number of hydrogen-bond acceptors (Lipinski definition) is 2. The van der Waals surface area contributed by atoms with E-state index in [0.717, 1.165) is 12.1 Å². The molecule has 0 N–H and O–H groups in total. The van der Waals surface area contributed by atoms with Gasteiger partial charge in [0.15, 0.2) is 0 Å². The maximum absolute atomic E-state index is 12.9. The van der Waals surface area contributed by atoms with Crippen LogP contribution < -0.4 is 0 Å². The molecule has 1 heterocycles. The minimum absolute atomic E-state index is 0.156. The number of nitrogens with zero attached hydrogens (tertiary/aromatic N) is 1. The Morgan fingerprint density at radius 2 is 1.67 bits per heavy atom. The van der Waals surface area contributed by atoms with Crippen molar-refractivity contribution in [3.05, 3.63) is 75.3 Å². The number of amides is 2. The minimum atomic E-state index is -4.43. The highest BCUT2D eigenvalue weighted by Crippen LogP contribution is 2.32. The van der Waals surface area contributed by atoms with Crippen LogP contribution in [0.15, 0.2) is 53.0 Å². The van der Waals surface area contributed by atoms with E-state index < -0.39 is 11.7 Å². The Kier molecular flexibility index (Phi) is 5.24. The first-order chi connectivity index (χ1) is 12.7. The van der Waals surface area contributed by atoms with E-state index in [0.29, 0.717) is 21.2 Å². The highest BCUT2D eigenvalue weighted by Gasteiger charge is 2.35. The molecular formula is C20H15BrF3NO2. The quantitative estimate of drug-likeness (QED) is 0.599. The fourth-order valence-corrected chi connectivity index (χ4v) is 3.41. The summed E-state index contributed by atoms with van der Waals surface area (Å²) in [6, 6.07) is 10.2. The van der Waals surface area contributed by atoms with Crippen LogP contribution in [0.5, 0.6) is 0 Å². The number of carbonyl (C=O) groups is 2. The highest BCUT2D eigenvalue weighted by atomic mass is 79.9. The van der Waals surface area contributed by atoms with Gasteiger partial charge in [0.05, 0.1) is 16.7 Å². The summed E-state index contributed by atoms with van der Waals surface area (Å²) in [6.07, 6.45) is -1.19. The third-order valence-electron chi connectivity index (χ3n) is 4.21. The number of hydrogen-bond donors (Lipinski definition) is 0. The predicted octanol–water partition coefficient (Wildman–Crippen LogP) is 5.41. The number of imide groups is 1. The Morgan fingerprint density at radius 3 is 2.22 bits per heavy atom. The van der Waals surface area contributed by atoms with Crippen molar-refractivity contribution >= 4 is 33.8 Å². The standard InChI is InChI=1S/C20H15BrF3NO2/c1-12(6-7-13-8-14(20(22,23)24)10-15(21)9-13)11-25-18(26)16-4-2-3-5-17(16)19(25)27/h2-10,12H,11H2,1H3. The van der Waals surface area contributed by atoms with Gasteiger partial charge in [0, 0.05) is 11.0 Å². The predicted molar refractivity (Wildman–Crippen MR) is 99.2 cm³/mol. The Balaban J connectivity index is 1.74. The lowest BCUT2D eigenvalue weighted by Crippen LogP contribution is -2.33. The molecule has 3 rings (SSSR count). The van der Waals surface area contributed by atoms with Crippen LogP contribution in [0.2, 0.25) is 0 Å². The van der Waals surface area contributed by atoms with Crippen LogP contribution >= 0.6 is 15.9 Å². The van der Waals surface area contributed by atoms with E-state index >= 15 is 0 Å². The molecule has 0 spiro atoms. The molecule has 1 unspecified atom stereocenters. The molecule has 0 fully saturated rings. The van der Waals surface area contributed by atoms with Crippen LogP contribution in [-0.4, -0.2) is 23.3 Å². The van der Waals surface area contributed by atoms with Gasteiger partial charge in [0.2, 0.25) is 0 Å². The Labute approximate surface area is 162 Å². The maximum Gasteiger partial charge on any atom is 0.416 e. The van der Waals surface area contributed by atoms with Crippen molar-refractivity contribution in [3.63, 3.8) is 0 Å². The Bertz CT molecular complexity index is 902. The summed E-state index contributed by atoms with van der Waals surface area (Å²) >= 11 is 3.08. The lowest BCUT2D eigenvalue weighted by Gasteiger charge is -2.17. The molecule has 0 radical (unpaired) electrons. The third-order valence-corrected chi connectivity index (χ3v) is 4.67. The molecule has 7 heteroatoms. The van der Waals surface area contributed by atoms with Crippen LogP contribution in [-0.2, 0) is 6.18 Å². The zero-order chi connectivity index (χ0) is 19.8. The molecule has 2 amide bonds. The van der Waals surface area contributed by atoms with Gasteiger partial charge in [-0.2, -0.15) is 13.2 Å². The van der Waals surface area contributed by atoms with E-state index in [1.165, 1.54) is 4.90 Å². The second kappa shape index (κ2) is 7.31. The zero-order valence-electron chi connectivity index (χ0n) is 14.3. The average molecular weight is 438 g/mol. The summed E-state index contributed by atoms with van der Waals surface area (Å²) in [6.45, 7) is 1.95. The molecule has 27 heavy (non-hydrogen) atoms. The van der Waals surface area contributed by atoms with E-state index in [1.54, 1.807) is 49.4 Å². The first-order valence-corrected chi connectivity index (χ1v) is 8.97. The molecule has 1 atom stereocenters. The SMILES string of the molecule is CC(C=Cc1cc(Br)cc(C(F)(F)F)c1)CN1C(=O)c2ccccc2C1=O. The summed E-state index contributed by atoms with van der Waals surface area (Å²) in [5.74, 6) is -0.921. The van der Waals surface area contributed by atoms with Gasteiger partial charge in [-0.1, -0.05) is 47.1 Å². The van der Waals surface area contributed by atoms with Crippen LogP contribution in [0, 0.1) is 5.92 Å². The number of benzene rings is 2. The first-order valence-electron chi connectivity index (χ1n) is 8.18. The highest BCUT2D eigenvalue weighted by molar-refractivity contribution is 9.10. The number of fused-ring (bicyclic) bond motifs is 1. The summed E-state index contributed by atoms with van der Waals surface area (Å²) in [5.41, 5.74) is 0.386. The summed E-state index contributed by atoms with van der Waals surface area (Å²) in [4.78, 5) is 25.9. The Morgan fingerprint density at radius 1 is 1.07 bits per heavy atom. The molecule has 3 nitrogen and oxygen atoms in total. The maximum atomic E-state index is 12.9. The molecule has 0 bridgehead atoms. The van der Waals surface area contributed by atoms with E-state index in [1.807, 2.05) is 0 Å². The fraction of sp³-hybridized carbons (Fsp3) is 0.200. The molecule has 140 valence electrons. The second-order valence-corrected chi connectivity index (χ2v) is 7.29. The van der Waals surface area contributed by atoms with Crippen LogP contribution in [0.25, 0.3) is 6.08 Å². The lowest BCUT2D eigenvalue weighted by atomic mass is 10.1. The topological polar surface area (TPSA) is 37.4 Å². The molecule has 0 saturated carbocycles. The van der Waals surface area contributed by atoms with E-state index in [-0.39, 0.29) is 24.3 Å². The molecule has 0 aromatic heterocycles. The lowest BCUT2D eigenvalue weighted by molar-refractivity contribution is -0.137. The van der Waals surface area contributed by atoms with Crippen molar-refractivity contribution in [2.24, 2.45) is 5.92 Å². The normalized spacial score (nSPS) is 15.5. The molecule has 2 aromatic rings. The number of carbonyl (C=O) groups excluding carboxylic acids is 2. The number of rotatable bonds is 4. The molecule has 0 saturated heterocycles. The van der Waals surface area contributed by atoms with E-state index in [2.05, 4.69) is 15.9 Å². The first kappa shape index (κ1) is 19.4. The van der Waals surface area contributed by atoms with Crippen molar-refractivity contribution in [3.8, 4) is 0 Å². The van der Waals surface area contributed by atoms with Crippen LogP contribution in [0.1, 0.15) is 38.8 Å². The number of alkyl halides is 3. The second-order valence-electron chi connectivity index (χ2n) is 6.37. The van der Waals surface area contributed by atoms with E-state index in [4.69, 9.17) is 0 Å². The zero-order valence-corrected chi connectivity index (χ0v) is 15.8. The Hall–Kier alpha value is -2.41. The molecule has 0 aliphatic carbocycles. The van der Waals surface area contributed by atoms with Gasteiger partial charge in [0.1, 0.15) is 0 Å². The molecule has 2 aromatic carbocycles. The summed E-state index contributed by atoms with van der Waals surface area (Å²) in [5, 5.41) is 0. The van der Waals surface area contributed by atoms with Gasteiger partial charge in [-0.05, 0) is 41.8 Å². The van der Waals surface area contributed by atoms with Crippen molar-refractivity contribution < 1.29 is 22.8 Å². The van der Waals surface area contributed by atoms with E-state index in [9.17, 15) is 22.8 Å².